The van der Waals surface area contributed by atoms with Crippen molar-refractivity contribution in [3.63, 3.8) is 0 Å². The predicted octanol–water partition coefficient (Wildman–Crippen LogP) is 2.80. The highest BCUT2D eigenvalue weighted by molar-refractivity contribution is 6.31. The van der Waals surface area contributed by atoms with Gasteiger partial charge in [-0.15, -0.1) is 10.2 Å². The van der Waals surface area contributed by atoms with Gasteiger partial charge in [0.25, 0.3) is 5.91 Å². The highest BCUT2D eigenvalue weighted by Crippen LogP contribution is 2.27. The van der Waals surface area contributed by atoms with Crippen LogP contribution in [0, 0.1) is 6.92 Å². The molecule has 0 bridgehead atoms. The number of carbonyl (C=O) groups is 1. The molecule has 116 valence electrons. The van der Waals surface area contributed by atoms with Crippen LogP contribution in [0.4, 0.5) is 0 Å². The molecule has 0 saturated carbocycles. The fourth-order valence-electron chi connectivity index (χ4n) is 2.91. The Morgan fingerprint density at radius 3 is 2.64 bits per heavy atom. The van der Waals surface area contributed by atoms with Crippen molar-refractivity contribution < 1.29 is 4.79 Å². The van der Waals surface area contributed by atoms with E-state index in [2.05, 4.69) is 10.2 Å². The van der Waals surface area contributed by atoms with Gasteiger partial charge in [0.05, 0.1) is 0 Å². The van der Waals surface area contributed by atoms with Gasteiger partial charge in [0.15, 0.2) is 0 Å². The summed E-state index contributed by atoms with van der Waals surface area (Å²) in [4.78, 5) is 14.5. The Morgan fingerprint density at radius 1 is 1.32 bits per heavy atom. The summed E-state index contributed by atoms with van der Waals surface area (Å²) >= 11 is 6.12. The molecular weight excluding hydrogens is 300 g/mol. The molecule has 3 rings (SSSR count). The largest absolute Gasteiger partial charge is 0.339 e. The second-order valence-electron chi connectivity index (χ2n) is 5.83. The Kier molecular flexibility index (Phi) is 4.16. The number of nitrogens with zero attached hydrogens (tertiary/aromatic N) is 4. The molecule has 0 unspecified atom stereocenters. The second kappa shape index (κ2) is 6.08. The van der Waals surface area contributed by atoms with Gasteiger partial charge in [-0.3, -0.25) is 4.79 Å². The maximum absolute atomic E-state index is 12.6. The number of likely N-dealkylation sites (tertiary alicyclic amines) is 1. The minimum atomic E-state index is 0.0540. The third-order valence-electron chi connectivity index (χ3n) is 4.31. The average molecular weight is 319 g/mol. The zero-order chi connectivity index (χ0) is 15.7. The minimum Gasteiger partial charge on any atom is -0.339 e. The molecule has 1 aliphatic rings. The standard InChI is InChI=1S/C16H19ClN4O/c1-11-3-4-13(9-14(11)17)16(22)21-7-5-12(6-8-21)15-19-18-10-20(15)2/h3-4,9-10,12H,5-8H2,1-2H3. The van der Waals surface area contributed by atoms with E-state index in [1.54, 1.807) is 12.4 Å². The first-order valence-corrected chi connectivity index (χ1v) is 7.83. The molecule has 1 aliphatic heterocycles. The van der Waals surface area contributed by atoms with Gasteiger partial charge in [-0.1, -0.05) is 17.7 Å². The number of rotatable bonds is 2. The summed E-state index contributed by atoms with van der Waals surface area (Å²) in [6, 6.07) is 5.49. The number of benzene rings is 1. The van der Waals surface area contributed by atoms with Crippen molar-refractivity contribution in [2.45, 2.75) is 25.7 Å². The van der Waals surface area contributed by atoms with Gasteiger partial charge in [0.1, 0.15) is 12.2 Å². The molecule has 5 nitrogen and oxygen atoms in total. The lowest BCUT2D eigenvalue weighted by Crippen LogP contribution is -2.38. The molecule has 0 radical (unpaired) electrons. The van der Waals surface area contributed by atoms with E-state index in [1.807, 2.05) is 35.6 Å². The van der Waals surface area contributed by atoms with E-state index in [0.29, 0.717) is 16.5 Å². The molecule has 2 aromatic rings. The van der Waals surface area contributed by atoms with E-state index in [1.165, 1.54) is 0 Å². The third kappa shape index (κ3) is 2.86. The van der Waals surface area contributed by atoms with Crippen LogP contribution in [0.25, 0.3) is 0 Å². The molecule has 1 aromatic carbocycles. The fourth-order valence-corrected chi connectivity index (χ4v) is 3.09. The third-order valence-corrected chi connectivity index (χ3v) is 4.72. The van der Waals surface area contributed by atoms with Crippen LogP contribution in [0.3, 0.4) is 0 Å². The smallest absolute Gasteiger partial charge is 0.253 e. The highest BCUT2D eigenvalue weighted by atomic mass is 35.5. The second-order valence-corrected chi connectivity index (χ2v) is 6.24. The SMILES string of the molecule is Cc1ccc(C(=O)N2CCC(c3nncn3C)CC2)cc1Cl. The van der Waals surface area contributed by atoms with Crippen molar-refractivity contribution in [1.29, 1.82) is 0 Å². The lowest BCUT2D eigenvalue weighted by atomic mass is 9.95. The number of piperidine rings is 1. The number of aryl methyl sites for hydroxylation is 2. The number of aromatic nitrogens is 3. The minimum absolute atomic E-state index is 0.0540. The van der Waals surface area contributed by atoms with Crippen LogP contribution in [-0.2, 0) is 7.05 Å². The first kappa shape index (κ1) is 15.0. The summed E-state index contributed by atoms with van der Waals surface area (Å²) in [6.07, 6.45) is 3.55. The normalized spacial score (nSPS) is 16.0. The zero-order valence-electron chi connectivity index (χ0n) is 12.8. The Balaban J connectivity index is 1.67. The Bertz CT molecular complexity index is 689. The molecule has 22 heavy (non-hydrogen) atoms. The van der Waals surface area contributed by atoms with Gasteiger partial charge < -0.3 is 9.47 Å². The number of carbonyl (C=O) groups excluding carboxylic acids is 1. The summed E-state index contributed by atoms with van der Waals surface area (Å²) in [7, 11) is 1.96. The molecule has 1 aromatic heterocycles. The molecule has 0 aliphatic carbocycles. The van der Waals surface area contributed by atoms with Crippen LogP contribution in [0.5, 0.6) is 0 Å². The fraction of sp³-hybridized carbons (Fsp3) is 0.438. The summed E-state index contributed by atoms with van der Waals surface area (Å²) in [5.74, 6) is 1.43. The maximum Gasteiger partial charge on any atom is 0.253 e. The molecule has 1 saturated heterocycles. The van der Waals surface area contributed by atoms with Crippen LogP contribution in [0.1, 0.15) is 40.5 Å². The number of halogens is 1. The zero-order valence-corrected chi connectivity index (χ0v) is 13.5. The summed E-state index contributed by atoms with van der Waals surface area (Å²) < 4.78 is 1.96. The van der Waals surface area contributed by atoms with Gasteiger partial charge in [-0.2, -0.15) is 0 Å². The molecule has 0 atom stereocenters. The summed E-state index contributed by atoms with van der Waals surface area (Å²) in [5, 5.41) is 8.75. The Labute approximate surface area is 134 Å². The topological polar surface area (TPSA) is 51.0 Å². The van der Waals surface area contributed by atoms with E-state index in [0.717, 1.165) is 37.3 Å². The summed E-state index contributed by atoms with van der Waals surface area (Å²) in [6.45, 7) is 3.41. The van der Waals surface area contributed by atoms with Crippen LogP contribution >= 0.6 is 11.6 Å². The van der Waals surface area contributed by atoms with Crippen LogP contribution in [0.15, 0.2) is 24.5 Å². The number of amides is 1. The van der Waals surface area contributed by atoms with E-state index >= 15 is 0 Å². The van der Waals surface area contributed by atoms with E-state index in [4.69, 9.17) is 11.6 Å². The van der Waals surface area contributed by atoms with Gasteiger partial charge >= 0.3 is 0 Å². The van der Waals surface area contributed by atoms with Crippen LogP contribution < -0.4 is 0 Å². The highest BCUT2D eigenvalue weighted by Gasteiger charge is 2.27. The van der Waals surface area contributed by atoms with Crippen molar-refractivity contribution in [3.05, 3.63) is 46.5 Å². The lowest BCUT2D eigenvalue weighted by Gasteiger charge is -2.31. The quantitative estimate of drug-likeness (QED) is 0.855. The van der Waals surface area contributed by atoms with E-state index in [9.17, 15) is 4.79 Å². The van der Waals surface area contributed by atoms with Crippen molar-refractivity contribution in [2.24, 2.45) is 7.05 Å². The van der Waals surface area contributed by atoms with E-state index < -0.39 is 0 Å². The van der Waals surface area contributed by atoms with Gasteiger partial charge in [0, 0.05) is 36.6 Å². The van der Waals surface area contributed by atoms with Crippen molar-refractivity contribution in [3.8, 4) is 0 Å². The van der Waals surface area contributed by atoms with E-state index in [-0.39, 0.29) is 5.91 Å². The average Bonchev–Trinajstić information content (AvgIpc) is 2.95. The Hall–Kier alpha value is -1.88. The summed E-state index contributed by atoms with van der Waals surface area (Å²) in [5.41, 5.74) is 1.65. The van der Waals surface area contributed by atoms with Gasteiger partial charge in [-0.25, -0.2) is 0 Å². The molecule has 1 amide bonds. The first-order valence-electron chi connectivity index (χ1n) is 7.45. The molecule has 2 heterocycles. The van der Waals surface area contributed by atoms with Gasteiger partial charge in [-0.05, 0) is 37.5 Å². The monoisotopic (exact) mass is 318 g/mol. The molecular formula is C16H19ClN4O. The molecule has 0 spiro atoms. The molecule has 6 heteroatoms. The first-order chi connectivity index (χ1) is 10.6. The van der Waals surface area contributed by atoms with Gasteiger partial charge in [0.2, 0.25) is 0 Å². The van der Waals surface area contributed by atoms with Crippen molar-refractivity contribution in [2.75, 3.05) is 13.1 Å². The molecule has 1 fully saturated rings. The van der Waals surface area contributed by atoms with Crippen LogP contribution in [0.2, 0.25) is 5.02 Å². The van der Waals surface area contributed by atoms with Crippen molar-refractivity contribution in [1.82, 2.24) is 19.7 Å². The molecule has 0 N–H and O–H groups in total. The predicted molar refractivity (Wildman–Crippen MR) is 85.1 cm³/mol. The van der Waals surface area contributed by atoms with Crippen molar-refractivity contribution >= 4 is 17.5 Å². The maximum atomic E-state index is 12.6. The Morgan fingerprint density at radius 2 is 2.05 bits per heavy atom. The number of hydrogen-bond donors (Lipinski definition) is 0. The lowest BCUT2D eigenvalue weighted by molar-refractivity contribution is 0.0710. The number of hydrogen-bond acceptors (Lipinski definition) is 3. The van der Waals surface area contributed by atoms with Crippen LogP contribution in [-0.4, -0.2) is 38.7 Å².